The highest BCUT2D eigenvalue weighted by Gasteiger charge is 2.33. The van der Waals surface area contributed by atoms with Crippen LogP contribution < -0.4 is 0 Å². The van der Waals surface area contributed by atoms with Crippen LogP contribution >= 0.6 is 0 Å². The Bertz CT molecular complexity index is 911. The third kappa shape index (κ3) is 4.51. The Balaban J connectivity index is 1.57. The predicted octanol–water partition coefficient (Wildman–Crippen LogP) is 3.11. The summed E-state index contributed by atoms with van der Waals surface area (Å²) in [6.07, 6.45) is 0.632. The molecule has 8 heteroatoms. The molecule has 0 bridgehead atoms. The third-order valence-electron chi connectivity index (χ3n) is 4.54. The number of ether oxygens (including phenoxy) is 1. The molecule has 1 aliphatic heterocycles. The number of hydrogen-bond acceptors (Lipinski definition) is 4. The minimum atomic E-state index is -3.93. The number of carbonyl (C=O) groups is 1. The van der Waals surface area contributed by atoms with E-state index in [9.17, 15) is 22.0 Å². The van der Waals surface area contributed by atoms with E-state index in [0.29, 0.717) is 18.9 Å². The van der Waals surface area contributed by atoms with E-state index in [1.807, 2.05) is 30.3 Å². The van der Waals surface area contributed by atoms with Crippen LogP contribution in [0.2, 0.25) is 0 Å². The van der Waals surface area contributed by atoms with Crippen molar-refractivity contribution in [3.05, 3.63) is 65.7 Å². The highest BCUT2D eigenvalue weighted by Crippen LogP contribution is 2.25. The standard InChI is InChI=1S/C19H19F2NO4S/c20-17-7-6-16(12-18(17)21)27(24,25)22-10-8-15(9-11-22)19(23)26-13-14-4-2-1-3-5-14/h1-7,12,15H,8-11,13H2. The van der Waals surface area contributed by atoms with Gasteiger partial charge in [-0.05, 0) is 36.6 Å². The van der Waals surface area contributed by atoms with E-state index in [1.165, 1.54) is 4.31 Å². The molecule has 5 nitrogen and oxygen atoms in total. The van der Waals surface area contributed by atoms with Gasteiger partial charge in [0.25, 0.3) is 0 Å². The third-order valence-corrected chi connectivity index (χ3v) is 6.43. The molecule has 0 unspecified atom stereocenters. The highest BCUT2D eigenvalue weighted by molar-refractivity contribution is 7.89. The minimum Gasteiger partial charge on any atom is -0.461 e. The predicted molar refractivity (Wildman–Crippen MR) is 94.1 cm³/mol. The van der Waals surface area contributed by atoms with Crippen molar-refractivity contribution < 1.29 is 26.7 Å². The van der Waals surface area contributed by atoms with Gasteiger partial charge in [0, 0.05) is 13.1 Å². The van der Waals surface area contributed by atoms with Gasteiger partial charge in [0.05, 0.1) is 10.8 Å². The van der Waals surface area contributed by atoms with Gasteiger partial charge < -0.3 is 4.74 Å². The van der Waals surface area contributed by atoms with Crippen molar-refractivity contribution in [3.8, 4) is 0 Å². The molecular weight excluding hydrogens is 376 g/mol. The molecule has 1 saturated heterocycles. The fraction of sp³-hybridized carbons (Fsp3) is 0.316. The monoisotopic (exact) mass is 395 g/mol. The quantitative estimate of drug-likeness (QED) is 0.730. The second-order valence-electron chi connectivity index (χ2n) is 6.35. The zero-order valence-electron chi connectivity index (χ0n) is 14.5. The Hall–Kier alpha value is -2.32. The summed E-state index contributed by atoms with van der Waals surface area (Å²) in [5.41, 5.74) is 0.879. The lowest BCUT2D eigenvalue weighted by Gasteiger charge is -2.30. The van der Waals surface area contributed by atoms with Crippen LogP contribution in [-0.4, -0.2) is 31.8 Å². The van der Waals surface area contributed by atoms with Crippen LogP contribution in [-0.2, 0) is 26.2 Å². The maximum absolute atomic E-state index is 13.4. The van der Waals surface area contributed by atoms with Crippen LogP contribution in [0.4, 0.5) is 8.78 Å². The number of esters is 1. The van der Waals surface area contributed by atoms with Gasteiger partial charge in [-0.1, -0.05) is 30.3 Å². The zero-order valence-corrected chi connectivity index (χ0v) is 15.3. The average molecular weight is 395 g/mol. The molecule has 0 amide bonds. The molecule has 0 spiro atoms. The van der Waals surface area contributed by atoms with Gasteiger partial charge in [-0.2, -0.15) is 4.31 Å². The normalized spacial score (nSPS) is 16.2. The van der Waals surface area contributed by atoms with Crippen molar-refractivity contribution >= 4 is 16.0 Å². The summed E-state index contributed by atoms with van der Waals surface area (Å²) in [6, 6.07) is 11.8. The molecule has 1 fully saturated rings. The number of carbonyl (C=O) groups excluding carboxylic acids is 1. The molecule has 144 valence electrons. The molecule has 1 aliphatic rings. The molecule has 1 heterocycles. The fourth-order valence-electron chi connectivity index (χ4n) is 2.96. The Morgan fingerprint density at radius 3 is 2.33 bits per heavy atom. The van der Waals surface area contributed by atoms with Crippen molar-refractivity contribution in [3.63, 3.8) is 0 Å². The summed E-state index contributed by atoms with van der Waals surface area (Å²) in [7, 11) is -3.93. The number of piperidine rings is 1. The van der Waals surface area contributed by atoms with Gasteiger partial charge in [-0.3, -0.25) is 4.79 Å². The van der Waals surface area contributed by atoms with E-state index in [2.05, 4.69) is 0 Å². The number of benzene rings is 2. The molecule has 0 atom stereocenters. The number of rotatable bonds is 5. The fourth-order valence-corrected chi connectivity index (χ4v) is 4.45. The Morgan fingerprint density at radius 2 is 1.70 bits per heavy atom. The lowest BCUT2D eigenvalue weighted by atomic mass is 9.98. The van der Waals surface area contributed by atoms with Crippen LogP contribution in [0.3, 0.4) is 0 Å². The van der Waals surface area contributed by atoms with Crippen LogP contribution in [0.1, 0.15) is 18.4 Å². The van der Waals surface area contributed by atoms with Crippen molar-refractivity contribution in [2.75, 3.05) is 13.1 Å². The molecule has 27 heavy (non-hydrogen) atoms. The maximum atomic E-state index is 13.4. The van der Waals surface area contributed by atoms with Gasteiger partial charge in [0.1, 0.15) is 6.61 Å². The molecule has 0 N–H and O–H groups in total. The first-order valence-corrected chi connectivity index (χ1v) is 9.97. The van der Waals surface area contributed by atoms with Crippen LogP contribution in [0.5, 0.6) is 0 Å². The summed E-state index contributed by atoms with van der Waals surface area (Å²) >= 11 is 0. The summed E-state index contributed by atoms with van der Waals surface area (Å²) in [5.74, 6) is -3.06. The molecule has 0 aliphatic carbocycles. The number of nitrogens with zero attached hydrogens (tertiary/aromatic N) is 1. The lowest BCUT2D eigenvalue weighted by molar-refractivity contribution is -0.151. The molecule has 3 rings (SSSR count). The van der Waals surface area contributed by atoms with Crippen molar-refractivity contribution in [2.24, 2.45) is 5.92 Å². The topological polar surface area (TPSA) is 63.7 Å². The van der Waals surface area contributed by atoms with Crippen LogP contribution in [0.25, 0.3) is 0 Å². The maximum Gasteiger partial charge on any atom is 0.309 e. The van der Waals surface area contributed by atoms with E-state index < -0.39 is 21.7 Å². The minimum absolute atomic E-state index is 0.117. The van der Waals surface area contributed by atoms with E-state index in [0.717, 1.165) is 17.7 Å². The summed E-state index contributed by atoms with van der Waals surface area (Å²) in [6.45, 7) is 0.409. The van der Waals surface area contributed by atoms with E-state index >= 15 is 0 Å². The van der Waals surface area contributed by atoms with E-state index in [4.69, 9.17) is 4.74 Å². The first kappa shape index (κ1) is 19.4. The molecular formula is C19H19F2NO4S. The van der Waals surface area contributed by atoms with Gasteiger partial charge in [-0.25, -0.2) is 17.2 Å². The van der Waals surface area contributed by atoms with Crippen LogP contribution in [0.15, 0.2) is 53.4 Å². The van der Waals surface area contributed by atoms with Gasteiger partial charge in [0.15, 0.2) is 11.6 Å². The molecule has 2 aromatic rings. The highest BCUT2D eigenvalue weighted by atomic mass is 32.2. The van der Waals surface area contributed by atoms with Crippen molar-refractivity contribution in [1.29, 1.82) is 0 Å². The first-order chi connectivity index (χ1) is 12.9. The Kier molecular flexibility index (Phi) is 5.86. The van der Waals surface area contributed by atoms with Gasteiger partial charge in [0.2, 0.25) is 10.0 Å². The Morgan fingerprint density at radius 1 is 1.04 bits per heavy atom. The van der Waals surface area contributed by atoms with E-state index in [1.54, 1.807) is 0 Å². The van der Waals surface area contributed by atoms with Crippen molar-refractivity contribution in [2.45, 2.75) is 24.3 Å². The summed E-state index contributed by atoms with van der Waals surface area (Å²) < 4.78 is 58.0. The number of hydrogen-bond donors (Lipinski definition) is 0. The molecule has 0 radical (unpaired) electrons. The molecule has 0 saturated carbocycles. The lowest BCUT2D eigenvalue weighted by Crippen LogP contribution is -2.40. The van der Waals surface area contributed by atoms with Crippen LogP contribution in [0, 0.1) is 17.6 Å². The number of sulfonamides is 1. The summed E-state index contributed by atoms with van der Waals surface area (Å²) in [4.78, 5) is 11.9. The molecule has 2 aromatic carbocycles. The first-order valence-electron chi connectivity index (χ1n) is 8.53. The van der Waals surface area contributed by atoms with Gasteiger partial charge >= 0.3 is 5.97 Å². The van der Waals surface area contributed by atoms with Gasteiger partial charge in [-0.15, -0.1) is 0 Å². The van der Waals surface area contributed by atoms with Crippen molar-refractivity contribution in [1.82, 2.24) is 4.31 Å². The summed E-state index contributed by atoms with van der Waals surface area (Å²) in [5, 5.41) is 0. The average Bonchev–Trinajstić information content (AvgIpc) is 2.69. The second kappa shape index (κ2) is 8.14. The molecule has 0 aromatic heterocycles. The smallest absolute Gasteiger partial charge is 0.309 e. The van der Waals surface area contributed by atoms with E-state index in [-0.39, 0.29) is 36.5 Å². The largest absolute Gasteiger partial charge is 0.461 e. The Labute approximate surface area is 156 Å². The second-order valence-corrected chi connectivity index (χ2v) is 8.29. The zero-order chi connectivity index (χ0) is 19.4. The number of halogens is 2. The SMILES string of the molecule is O=C(OCc1ccccc1)C1CCN(S(=O)(=O)c2ccc(F)c(F)c2)CC1.